The van der Waals surface area contributed by atoms with E-state index in [0.717, 1.165) is 25.1 Å². The lowest BCUT2D eigenvalue weighted by atomic mass is 10.2. The molecule has 0 saturated carbocycles. The van der Waals surface area contributed by atoms with Gasteiger partial charge in [0.15, 0.2) is 0 Å². The Hall–Kier alpha value is -0.930. The van der Waals surface area contributed by atoms with E-state index in [0.29, 0.717) is 17.3 Å². The second-order valence-corrected chi connectivity index (χ2v) is 4.20. The molecule has 1 aromatic carbocycles. The summed E-state index contributed by atoms with van der Waals surface area (Å²) >= 11 is 5.95. The van der Waals surface area contributed by atoms with Crippen molar-refractivity contribution in [3.05, 3.63) is 23.2 Å². The molecule has 1 aromatic rings. The molecule has 0 unspecified atom stereocenters. The molecule has 1 rings (SSSR count). The number of halogens is 1. The molecule has 0 fully saturated rings. The van der Waals surface area contributed by atoms with Crippen molar-refractivity contribution in [2.75, 3.05) is 30.3 Å². The molecule has 3 N–H and O–H groups in total. The van der Waals surface area contributed by atoms with Crippen molar-refractivity contribution in [3.63, 3.8) is 0 Å². The zero-order valence-electron chi connectivity index (χ0n) is 9.62. The summed E-state index contributed by atoms with van der Waals surface area (Å²) in [4.78, 5) is 2.07. The smallest absolute Gasteiger partial charge is 0.0615 e. The van der Waals surface area contributed by atoms with Gasteiger partial charge in [0, 0.05) is 18.1 Å². The summed E-state index contributed by atoms with van der Waals surface area (Å²) in [6.07, 6.45) is 2.19. The van der Waals surface area contributed by atoms with E-state index in [1.165, 1.54) is 0 Å². The van der Waals surface area contributed by atoms with Crippen LogP contribution in [0.3, 0.4) is 0 Å². The van der Waals surface area contributed by atoms with Crippen LogP contribution in [-0.2, 0) is 0 Å². The third-order valence-electron chi connectivity index (χ3n) is 2.48. The van der Waals surface area contributed by atoms with Crippen LogP contribution in [0.1, 0.15) is 19.8 Å². The Balaban J connectivity index is 2.85. The van der Waals surface area contributed by atoms with Gasteiger partial charge in [-0.3, -0.25) is 0 Å². The first-order valence-corrected chi connectivity index (χ1v) is 5.97. The zero-order chi connectivity index (χ0) is 12.0. The normalized spacial score (nSPS) is 10.4. The van der Waals surface area contributed by atoms with E-state index in [-0.39, 0.29) is 6.61 Å². The summed E-state index contributed by atoms with van der Waals surface area (Å²) in [7, 11) is 0. The number of rotatable bonds is 6. The largest absolute Gasteiger partial charge is 0.397 e. The van der Waals surface area contributed by atoms with Gasteiger partial charge in [-0.05, 0) is 24.6 Å². The van der Waals surface area contributed by atoms with Crippen LogP contribution in [0, 0.1) is 0 Å². The molecular weight excluding hydrogens is 224 g/mol. The summed E-state index contributed by atoms with van der Waals surface area (Å²) in [5.74, 6) is 0. The van der Waals surface area contributed by atoms with E-state index >= 15 is 0 Å². The number of nitrogens with two attached hydrogens (primary N) is 1. The van der Waals surface area contributed by atoms with Gasteiger partial charge in [0.1, 0.15) is 0 Å². The molecule has 0 amide bonds. The molecule has 0 saturated heterocycles. The van der Waals surface area contributed by atoms with Gasteiger partial charge in [-0.15, -0.1) is 0 Å². The van der Waals surface area contributed by atoms with Crippen molar-refractivity contribution < 1.29 is 5.11 Å². The number of aliphatic hydroxyl groups excluding tert-OH is 1. The minimum absolute atomic E-state index is 0.121. The Kier molecular flexibility index (Phi) is 5.43. The second-order valence-electron chi connectivity index (χ2n) is 3.77. The van der Waals surface area contributed by atoms with Crippen LogP contribution in [0.5, 0.6) is 0 Å². The first-order chi connectivity index (χ1) is 7.69. The molecule has 0 aliphatic rings. The summed E-state index contributed by atoms with van der Waals surface area (Å²) in [5.41, 5.74) is 7.53. The van der Waals surface area contributed by atoms with Crippen molar-refractivity contribution in [1.29, 1.82) is 0 Å². The van der Waals surface area contributed by atoms with Gasteiger partial charge >= 0.3 is 0 Å². The first-order valence-electron chi connectivity index (χ1n) is 5.60. The van der Waals surface area contributed by atoms with E-state index < -0.39 is 0 Å². The molecule has 0 aliphatic carbocycles. The second kappa shape index (κ2) is 6.61. The highest BCUT2D eigenvalue weighted by molar-refractivity contribution is 6.31. The average Bonchev–Trinajstić information content (AvgIpc) is 2.28. The zero-order valence-corrected chi connectivity index (χ0v) is 10.4. The van der Waals surface area contributed by atoms with Crippen molar-refractivity contribution in [2.45, 2.75) is 19.8 Å². The molecule has 0 atom stereocenters. The molecule has 4 heteroatoms. The summed E-state index contributed by atoms with van der Waals surface area (Å²) in [6.45, 7) is 3.74. The van der Waals surface area contributed by atoms with Crippen molar-refractivity contribution in [1.82, 2.24) is 0 Å². The first kappa shape index (κ1) is 13.1. The third-order valence-corrected chi connectivity index (χ3v) is 2.72. The quantitative estimate of drug-likeness (QED) is 0.754. The van der Waals surface area contributed by atoms with E-state index in [2.05, 4.69) is 11.8 Å². The fourth-order valence-corrected chi connectivity index (χ4v) is 1.78. The van der Waals surface area contributed by atoms with Crippen molar-refractivity contribution >= 4 is 23.0 Å². The predicted molar refractivity (Wildman–Crippen MR) is 70.1 cm³/mol. The Bertz CT molecular complexity index is 331. The number of hydrogen-bond acceptors (Lipinski definition) is 3. The molecule has 0 bridgehead atoms. The molecule has 90 valence electrons. The van der Waals surface area contributed by atoms with Crippen LogP contribution < -0.4 is 10.6 Å². The maximum Gasteiger partial charge on any atom is 0.0615 e. The van der Waals surface area contributed by atoms with Crippen LogP contribution in [0.25, 0.3) is 0 Å². The number of nitrogen functional groups attached to an aromatic ring is 1. The van der Waals surface area contributed by atoms with E-state index in [4.69, 9.17) is 22.4 Å². The number of unbranched alkanes of at least 4 members (excludes halogenated alkanes) is 1. The Labute approximate surface area is 102 Å². The molecule has 16 heavy (non-hydrogen) atoms. The summed E-state index contributed by atoms with van der Waals surface area (Å²) < 4.78 is 0. The Morgan fingerprint density at radius 1 is 1.38 bits per heavy atom. The molecule has 0 spiro atoms. The number of nitrogens with zero attached hydrogens (tertiary/aromatic N) is 1. The van der Waals surface area contributed by atoms with Gasteiger partial charge in [0.25, 0.3) is 0 Å². The minimum atomic E-state index is 0.121. The number of hydrogen-bond donors (Lipinski definition) is 2. The number of anilines is 2. The van der Waals surface area contributed by atoms with E-state index in [1.807, 2.05) is 6.07 Å². The lowest BCUT2D eigenvalue weighted by molar-refractivity contribution is 0.301. The van der Waals surface area contributed by atoms with Gasteiger partial charge in [0.2, 0.25) is 0 Å². The Morgan fingerprint density at radius 2 is 2.12 bits per heavy atom. The van der Waals surface area contributed by atoms with Crippen LogP contribution in [-0.4, -0.2) is 24.8 Å². The predicted octanol–water partition coefficient (Wildman–Crippen LogP) is 2.52. The van der Waals surface area contributed by atoms with Crippen LogP contribution in [0.4, 0.5) is 11.4 Å². The van der Waals surface area contributed by atoms with Crippen LogP contribution in [0.2, 0.25) is 5.02 Å². The highest BCUT2D eigenvalue weighted by atomic mass is 35.5. The average molecular weight is 243 g/mol. The molecule has 0 aliphatic heterocycles. The van der Waals surface area contributed by atoms with Gasteiger partial charge in [-0.1, -0.05) is 24.9 Å². The fraction of sp³-hybridized carbons (Fsp3) is 0.500. The van der Waals surface area contributed by atoms with Crippen LogP contribution in [0.15, 0.2) is 18.2 Å². The maximum atomic E-state index is 9.04. The third kappa shape index (κ3) is 3.58. The Morgan fingerprint density at radius 3 is 2.75 bits per heavy atom. The van der Waals surface area contributed by atoms with Gasteiger partial charge in [-0.25, -0.2) is 0 Å². The SMILES string of the molecule is CCCCN(CCO)c1cc(Cl)ccc1N. The van der Waals surface area contributed by atoms with Crippen LogP contribution >= 0.6 is 11.6 Å². The highest BCUT2D eigenvalue weighted by Crippen LogP contribution is 2.27. The topological polar surface area (TPSA) is 49.5 Å². The summed E-state index contributed by atoms with van der Waals surface area (Å²) in [6, 6.07) is 5.42. The molecule has 0 radical (unpaired) electrons. The monoisotopic (exact) mass is 242 g/mol. The van der Waals surface area contributed by atoms with E-state index in [1.54, 1.807) is 12.1 Å². The molecule has 3 nitrogen and oxygen atoms in total. The summed E-state index contributed by atoms with van der Waals surface area (Å²) in [5, 5.41) is 9.71. The van der Waals surface area contributed by atoms with Crippen molar-refractivity contribution in [2.24, 2.45) is 0 Å². The minimum Gasteiger partial charge on any atom is -0.397 e. The standard InChI is InChI=1S/C12H19ClN2O/c1-2-3-6-15(7-8-16)12-9-10(13)4-5-11(12)14/h4-5,9,16H,2-3,6-8,14H2,1H3. The molecular formula is C12H19ClN2O. The highest BCUT2D eigenvalue weighted by Gasteiger charge is 2.09. The van der Waals surface area contributed by atoms with Gasteiger partial charge in [0.05, 0.1) is 18.0 Å². The van der Waals surface area contributed by atoms with Gasteiger partial charge < -0.3 is 15.7 Å². The number of aliphatic hydroxyl groups is 1. The number of benzene rings is 1. The van der Waals surface area contributed by atoms with Gasteiger partial charge in [-0.2, -0.15) is 0 Å². The molecule has 0 aromatic heterocycles. The fourth-order valence-electron chi connectivity index (χ4n) is 1.61. The van der Waals surface area contributed by atoms with Crippen molar-refractivity contribution in [3.8, 4) is 0 Å². The lowest BCUT2D eigenvalue weighted by Gasteiger charge is -2.25. The lowest BCUT2D eigenvalue weighted by Crippen LogP contribution is -2.28. The van der Waals surface area contributed by atoms with E-state index in [9.17, 15) is 0 Å². The maximum absolute atomic E-state index is 9.04. The molecule has 0 heterocycles.